The van der Waals surface area contributed by atoms with E-state index in [9.17, 15) is 9.59 Å². The van der Waals surface area contributed by atoms with Gasteiger partial charge in [0.05, 0.1) is 0 Å². The smallest absolute Gasteiger partial charge is 0.229 e. The minimum atomic E-state index is -0.164. The molecule has 0 rings (SSSR count). The molecule has 0 aromatic rings. The van der Waals surface area contributed by atoms with E-state index < -0.39 is 0 Å². The summed E-state index contributed by atoms with van der Waals surface area (Å²) in [6.45, 7) is 5.68. The van der Waals surface area contributed by atoms with Crippen molar-refractivity contribution in [3.8, 4) is 0 Å². The Balaban J connectivity index is 3.40. The maximum absolute atomic E-state index is 11.4. The molecule has 0 saturated heterocycles. The number of carbonyl (C=O) groups excluding carboxylic acids is 2. The third-order valence-corrected chi connectivity index (χ3v) is 3.03. The highest BCUT2D eigenvalue weighted by Crippen LogP contribution is 1.98. The first-order valence-corrected chi connectivity index (χ1v) is 7.74. The average molecular weight is 270 g/mol. The second-order valence-corrected chi connectivity index (χ2v) is 5.00. The number of hydrogen-bond donors (Lipinski definition) is 2. The number of unbranched alkanes of at least 4 members (excludes halogenated alkanes) is 6. The monoisotopic (exact) mass is 270 g/mol. The van der Waals surface area contributed by atoms with Crippen LogP contribution in [0.4, 0.5) is 0 Å². The topological polar surface area (TPSA) is 58.2 Å². The number of hydrogen-bond acceptors (Lipinski definition) is 2. The molecule has 0 bridgehead atoms. The zero-order valence-electron chi connectivity index (χ0n) is 12.6. The van der Waals surface area contributed by atoms with E-state index in [2.05, 4.69) is 24.5 Å². The number of nitrogens with one attached hydrogen (secondary N) is 2. The standard InChI is InChI=1S/C15H30N2O2/c1-3-5-7-9-11-16-14(18)13-15(19)17-12-10-8-6-4-2/h3-13H2,1-2H3,(H,16,18)(H,17,19). The maximum atomic E-state index is 11.4. The summed E-state index contributed by atoms with van der Waals surface area (Å²) in [4.78, 5) is 22.9. The molecule has 112 valence electrons. The molecule has 0 atom stereocenters. The second-order valence-electron chi connectivity index (χ2n) is 5.00. The Morgan fingerprint density at radius 3 is 1.47 bits per heavy atom. The molecular formula is C15H30N2O2. The Bertz CT molecular complexity index is 218. The molecule has 19 heavy (non-hydrogen) atoms. The van der Waals surface area contributed by atoms with Crippen LogP contribution in [-0.4, -0.2) is 24.9 Å². The fraction of sp³-hybridized carbons (Fsp3) is 0.867. The van der Waals surface area contributed by atoms with Crippen molar-refractivity contribution in [3.63, 3.8) is 0 Å². The SMILES string of the molecule is CCCCCCNC(=O)CC(=O)NCCCCCC. The lowest BCUT2D eigenvalue weighted by Crippen LogP contribution is -2.32. The van der Waals surface area contributed by atoms with Crippen molar-refractivity contribution < 1.29 is 9.59 Å². The van der Waals surface area contributed by atoms with Crippen LogP contribution in [0.1, 0.15) is 71.6 Å². The third kappa shape index (κ3) is 13.2. The average Bonchev–Trinajstić information content (AvgIpc) is 2.38. The molecule has 0 radical (unpaired) electrons. The Labute approximate surface area is 117 Å². The maximum Gasteiger partial charge on any atom is 0.229 e. The van der Waals surface area contributed by atoms with Crippen LogP contribution in [0.3, 0.4) is 0 Å². The molecule has 0 aliphatic heterocycles. The van der Waals surface area contributed by atoms with Crippen LogP contribution in [-0.2, 0) is 9.59 Å². The molecule has 0 spiro atoms. The van der Waals surface area contributed by atoms with Gasteiger partial charge >= 0.3 is 0 Å². The quantitative estimate of drug-likeness (QED) is 0.423. The summed E-state index contributed by atoms with van der Waals surface area (Å²) in [7, 11) is 0. The van der Waals surface area contributed by atoms with Crippen molar-refractivity contribution in [2.24, 2.45) is 0 Å². The van der Waals surface area contributed by atoms with Crippen molar-refractivity contribution >= 4 is 11.8 Å². The summed E-state index contributed by atoms with van der Waals surface area (Å²) < 4.78 is 0. The molecule has 0 aliphatic rings. The van der Waals surface area contributed by atoms with Gasteiger partial charge < -0.3 is 10.6 Å². The number of amides is 2. The van der Waals surface area contributed by atoms with Gasteiger partial charge in [-0.25, -0.2) is 0 Å². The minimum Gasteiger partial charge on any atom is -0.356 e. The first kappa shape index (κ1) is 17.9. The molecule has 4 heteroatoms. The van der Waals surface area contributed by atoms with Gasteiger partial charge in [-0.05, 0) is 12.8 Å². The van der Waals surface area contributed by atoms with Crippen LogP contribution in [0.5, 0.6) is 0 Å². The van der Waals surface area contributed by atoms with Gasteiger partial charge in [0.1, 0.15) is 6.42 Å². The predicted octanol–water partition coefficient (Wildman–Crippen LogP) is 2.77. The lowest BCUT2D eigenvalue weighted by atomic mass is 10.2. The van der Waals surface area contributed by atoms with E-state index in [-0.39, 0.29) is 18.2 Å². The van der Waals surface area contributed by atoms with E-state index in [0.717, 1.165) is 25.7 Å². The van der Waals surface area contributed by atoms with Crippen molar-refractivity contribution in [2.45, 2.75) is 71.6 Å². The number of carbonyl (C=O) groups is 2. The van der Waals surface area contributed by atoms with Crippen LogP contribution in [0.15, 0.2) is 0 Å². The summed E-state index contributed by atoms with van der Waals surface area (Å²) in [5.74, 6) is -0.329. The lowest BCUT2D eigenvalue weighted by Gasteiger charge is -2.06. The summed E-state index contributed by atoms with van der Waals surface area (Å²) in [6, 6.07) is 0. The van der Waals surface area contributed by atoms with Gasteiger partial charge in [0.15, 0.2) is 0 Å². The molecular weight excluding hydrogens is 240 g/mol. The Hall–Kier alpha value is -1.06. The molecule has 0 aromatic carbocycles. The van der Waals surface area contributed by atoms with E-state index in [1.807, 2.05) is 0 Å². The van der Waals surface area contributed by atoms with Crippen LogP contribution in [0, 0.1) is 0 Å². The van der Waals surface area contributed by atoms with Gasteiger partial charge in [-0.15, -0.1) is 0 Å². The first-order chi connectivity index (χ1) is 9.20. The number of rotatable bonds is 12. The summed E-state index contributed by atoms with van der Waals surface area (Å²) in [5.41, 5.74) is 0. The predicted molar refractivity (Wildman–Crippen MR) is 78.9 cm³/mol. The third-order valence-electron chi connectivity index (χ3n) is 3.03. The molecule has 0 aliphatic carbocycles. The highest BCUT2D eigenvalue weighted by Gasteiger charge is 2.07. The molecule has 0 saturated carbocycles. The van der Waals surface area contributed by atoms with E-state index in [0.29, 0.717) is 13.1 Å². The van der Waals surface area contributed by atoms with Gasteiger partial charge in [-0.3, -0.25) is 9.59 Å². The van der Waals surface area contributed by atoms with Crippen LogP contribution in [0.2, 0.25) is 0 Å². The fourth-order valence-electron chi connectivity index (χ4n) is 1.83. The van der Waals surface area contributed by atoms with E-state index >= 15 is 0 Å². The summed E-state index contributed by atoms with van der Waals surface area (Å²) in [5, 5.41) is 5.57. The van der Waals surface area contributed by atoms with E-state index in [1.165, 1.54) is 25.7 Å². The van der Waals surface area contributed by atoms with Gasteiger partial charge in [-0.2, -0.15) is 0 Å². The van der Waals surface area contributed by atoms with Crippen LogP contribution < -0.4 is 10.6 Å². The van der Waals surface area contributed by atoms with Gasteiger partial charge in [-0.1, -0.05) is 52.4 Å². The normalized spacial score (nSPS) is 10.2. The Morgan fingerprint density at radius 2 is 1.11 bits per heavy atom. The molecule has 0 fully saturated rings. The van der Waals surface area contributed by atoms with Crippen LogP contribution in [0.25, 0.3) is 0 Å². The highest BCUT2D eigenvalue weighted by molar-refractivity contribution is 5.96. The van der Waals surface area contributed by atoms with Gasteiger partial charge in [0, 0.05) is 13.1 Å². The zero-order chi connectivity index (χ0) is 14.3. The van der Waals surface area contributed by atoms with Crippen LogP contribution >= 0.6 is 0 Å². The molecule has 0 heterocycles. The Kier molecular flexibility index (Phi) is 12.6. The van der Waals surface area contributed by atoms with Crippen molar-refractivity contribution in [3.05, 3.63) is 0 Å². The molecule has 4 nitrogen and oxygen atoms in total. The van der Waals surface area contributed by atoms with Crippen molar-refractivity contribution in [1.29, 1.82) is 0 Å². The molecule has 2 amide bonds. The minimum absolute atomic E-state index is 0.0401. The van der Waals surface area contributed by atoms with Gasteiger partial charge in [0.25, 0.3) is 0 Å². The van der Waals surface area contributed by atoms with Crippen molar-refractivity contribution in [1.82, 2.24) is 10.6 Å². The Morgan fingerprint density at radius 1 is 0.684 bits per heavy atom. The lowest BCUT2D eigenvalue weighted by molar-refractivity contribution is -0.129. The molecule has 2 N–H and O–H groups in total. The summed E-state index contributed by atoms with van der Waals surface area (Å²) >= 11 is 0. The molecule has 0 aromatic heterocycles. The molecule has 0 unspecified atom stereocenters. The zero-order valence-corrected chi connectivity index (χ0v) is 12.6. The van der Waals surface area contributed by atoms with Crippen molar-refractivity contribution in [2.75, 3.05) is 13.1 Å². The second kappa shape index (κ2) is 13.4. The first-order valence-electron chi connectivity index (χ1n) is 7.74. The summed E-state index contributed by atoms with van der Waals surface area (Å²) in [6.07, 6.45) is 9.02. The van der Waals surface area contributed by atoms with E-state index in [1.54, 1.807) is 0 Å². The fourth-order valence-corrected chi connectivity index (χ4v) is 1.83. The van der Waals surface area contributed by atoms with Gasteiger partial charge in [0.2, 0.25) is 11.8 Å². The van der Waals surface area contributed by atoms with E-state index in [4.69, 9.17) is 0 Å². The largest absolute Gasteiger partial charge is 0.356 e. The highest BCUT2D eigenvalue weighted by atomic mass is 16.2.